The number of likely N-dealkylation sites (N-methyl/N-ethyl adjacent to an activating group) is 1. The molecule has 16 heavy (non-hydrogen) atoms. The number of hydrogen-bond acceptors (Lipinski definition) is 4. The maximum atomic E-state index is 9.67. The van der Waals surface area contributed by atoms with Crippen molar-refractivity contribution in [3.05, 3.63) is 30.3 Å². The fourth-order valence-electron chi connectivity index (χ4n) is 1.32. The van der Waals surface area contributed by atoms with E-state index >= 15 is 0 Å². The number of aliphatic hydroxyl groups is 1. The first-order chi connectivity index (χ1) is 7.74. The summed E-state index contributed by atoms with van der Waals surface area (Å²) in [6.45, 7) is 1.87. The molecule has 0 atom stereocenters. The van der Waals surface area contributed by atoms with E-state index in [9.17, 15) is 5.02 Å². The van der Waals surface area contributed by atoms with E-state index in [-0.39, 0.29) is 6.61 Å². The van der Waals surface area contributed by atoms with Crippen LogP contribution in [-0.4, -0.2) is 55.5 Å². The minimum absolute atomic E-state index is 0.137. The zero-order chi connectivity index (χ0) is 11.8. The van der Waals surface area contributed by atoms with Crippen molar-refractivity contribution in [2.75, 3.05) is 33.4 Å². The molecule has 5 heteroatoms. The van der Waals surface area contributed by atoms with Gasteiger partial charge in [0.05, 0.1) is 6.61 Å². The predicted molar refractivity (Wildman–Crippen MR) is 64.6 cm³/mol. The van der Waals surface area contributed by atoms with Crippen molar-refractivity contribution in [1.82, 2.24) is 4.90 Å². The van der Waals surface area contributed by atoms with E-state index in [0.717, 1.165) is 5.46 Å². The highest BCUT2D eigenvalue weighted by Crippen LogP contribution is 1.89. The molecular weight excluding hydrogens is 205 g/mol. The molecule has 0 aliphatic rings. The predicted octanol–water partition coefficient (Wildman–Crippen LogP) is -0.685. The second-order valence-corrected chi connectivity index (χ2v) is 3.66. The molecule has 0 aromatic heterocycles. The molecule has 0 bridgehead atoms. The van der Waals surface area contributed by atoms with E-state index in [4.69, 9.17) is 9.76 Å². The van der Waals surface area contributed by atoms with E-state index in [2.05, 4.69) is 0 Å². The molecule has 1 aromatic carbocycles. The number of hydrogen-bond donors (Lipinski definition) is 2. The van der Waals surface area contributed by atoms with E-state index < -0.39 is 7.12 Å². The summed E-state index contributed by atoms with van der Waals surface area (Å²) in [4.78, 5) is 1.94. The molecule has 0 amide bonds. The van der Waals surface area contributed by atoms with Gasteiger partial charge in [-0.1, -0.05) is 30.3 Å². The van der Waals surface area contributed by atoms with Gasteiger partial charge in [0.1, 0.15) is 0 Å². The monoisotopic (exact) mass is 223 g/mol. The van der Waals surface area contributed by atoms with Crippen LogP contribution in [0.1, 0.15) is 0 Å². The van der Waals surface area contributed by atoms with Crippen molar-refractivity contribution in [2.45, 2.75) is 0 Å². The molecule has 0 aliphatic heterocycles. The number of rotatable bonds is 7. The van der Waals surface area contributed by atoms with Crippen LogP contribution in [0.25, 0.3) is 0 Å². The Labute approximate surface area is 96.6 Å². The van der Waals surface area contributed by atoms with Gasteiger partial charge >= 0.3 is 7.12 Å². The fraction of sp³-hybridized carbons (Fsp3) is 0.455. The zero-order valence-electron chi connectivity index (χ0n) is 9.54. The summed E-state index contributed by atoms with van der Waals surface area (Å²) in [6.07, 6.45) is 0. The Kier molecular flexibility index (Phi) is 6.11. The third kappa shape index (κ3) is 4.76. The number of benzene rings is 1. The van der Waals surface area contributed by atoms with E-state index in [1.807, 2.05) is 42.3 Å². The lowest BCUT2D eigenvalue weighted by Crippen LogP contribution is -2.36. The van der Waals surface area contributed by atoms with Crippen LogP contribution in [0.4, 0.5) is 0 Å². The summed E-state index contributed by atoms with van der Waals surface area (Å²) in [5.74, 6) is 0. The standard InChI is InChI=1S/C11H18BNO3/c1-13(7-9-14)8-10-16-12(15)11-5-3-2-4-6-11/h2-6,14-15H,7-10H2,1H3. The largest absolute Gasteiger partial charge is 0.491 e. The van der Waals surface area contributed by atoms with Crippen LogP contribution in [0.15, 0.2) is 30.3 Å². The Balaban J connectivity index is 2.23. The average Bonchev–Trinajstić information content (AvgIpc) is 2.30. The first-order valence-electron chi connectivity index (χ1n) is 5.38. The summed E-state index contributed by atoms with van der Waals surface area (Å²) >= 11 is 0. The highest BCUT2D eigenvalue weighted by Gasteiger charge is 2.15. The van der Waals surface area contributed by atoms with Gasteiger partial charge in [-0.3, -0.25) is 0 Å². The van der Waals surface area contributed by atoms with E-state index in [1.54, 1.807) is 0 Å². The smallest absolute Gasteiger partial charge is 0.423 e. The highest BCUT2D eigenvalue weighted by molar-refractivity contribution is 6.59. The minimum atomic E-state index is -0.872. The van der Waals surface area contributed by atoms with Gasteiger partial charge in [-0.25, -0.2) is 0 Å². The number of nitrogens with zero attached hydrogens (tertiary/aromatic N) is 1. The maximum absolute atomic E-state index is 9.67. The van der Waals surface area contributed by atoms with Gasteiger partial charge in [-0.05, 0) is 12.5 Å². The van der Waals surface area contributed by atoms with Crippen LogP contribution in [-0.2, 0) is 4.65 Å². The van der Waals surface area contributed by atoms with Crippen LogP contribution < -0.4 is 5.46 Å². The van der Waals surface area contributed by atoms with Gasteiger partial charge in [-0.15, -0.1) is 0 Å². The molecule has 1 aromatic rings. The van der Waals surface area contributed by atoms with E-state index in [1.165, 1.54) is 0 Å². The van der Waals surface area contributed by atoms with Gasteiger partial charge in [0.2, 0.25) is 0 Å². The Morgan fingerprint density at radius 3 is 2.56 bits per heavy atom. The fourth-order valence-corrected chi connectivity index (χ4v) is 1.32. The second kappa shape index (κ2) is 7.41. The summed E-state index contributed by atoms with van der Waals surface area (Å²) in [6, 6.07) is 9.26. The van der Waals surface area contributed by atoms with Crippen molar-refractivity contribution in [3.8, 4) is 0 Å². The normalized spacial score (nSPS) is 10.8. The molecule has 2 N–H and O–H groups in total. The molecule has 88 valence electrons. The highest BCUT2D eigenvalue weighted by atomic mass is 16.5. The van der Waals surface area contributed by atoms with Crippen LogP contribution in [0.5, 0.6) is 0 Å². The second-order valence-electron chi connectivity index (χ2n) is 3.66. The van der Waals surface area contributed by atoms with Crippen molar-refractivity contribution < 1.29 is 14.8 Å². The topological polar surface area (TPSA) is 52.9 Å². The van der Waals surface area contributed by atoms with Gasteiger partial charge in [0, 0.05) is 19.7 Å². The van der Waals surface area contributed by atoms with Crippen molar-refractivity contribution in [1.29, 1.82) is 0 Å². The third-order valence-corrected chi connectivity index (χ3v) is 2.32. The Hall–Kier alpha value is -0.875. The lowest BCUT2D eigenvalue weighted by molar-refractivity contribution is 0.183. The van der Waals surface area contributed by atoms with Crippen molar-refractivity contribution in [2.24, 2.45) is 0 Å². The van der Waals surface area contributed by atoms with Gasteiger partial charge in [0.25, 0.3) is 0 Å². The SMILES string of the molecule is CN(CCO)CCOB(O)c1ccccc1. The maximum Gasteiger partial charge on any atom is 0.491 e. The quantitative estimate of drug-likeness (QED) is 0.601. The van der Waals surface area contributed by atoms with Gasteiger partial charge < -0.3 is 19.7 Å². The average molecular weight is 223 g/mol. The molecule has 0 fully saturated rings. The van der Waals surface area contributed by atoms with Gasteiger partial charge in [0.15, 0.2) is 0 Å². The lowest BCUT2D eigenvalue weighted by Gasteiger charge is -2.15. The Morgan fingerprint density at radius 1 is 1.25 bits per heavy atom. The van der Waals surface area contributed by atoms with Gasteiger partial charge in [-0.2, -0.15) is 0 Å². The summed E-state index contributed by atoms with van der Waals surface area (Å²) < 4.78 is 5.28. The molecule has 0 radical (unpaired) electrons. The van der Waals surface area contributed by atoms with Crippen LogP contribution in [0.2, 0.25) is 0 Å². The molecule has 0 saturated heterocycles. The third-order valence-electron chi connectivity index (χ3n) is 2.32. The minimum Gasteiger partial charge on any atom is -0.423 e. The van der Waals surface area contributed by atoms with Crippen molar-refractivity contribution >= 4 is 12.6 Å². The van der Waals surface area contributed by atoms with Crippen LogP contribution in [0, 0.1) is 0 Å². The van der Waals surface area contributed by atoms with Crippen LogP contribution in [0.3, 0.4) is 0 Å². The summed E-state index contributed by atoms with van der Waals surface area (Å²) in [5, 5.41) is 18.4. The van der Waals surface area contributed by atoms with Crippen molar-refractivity contribution in [3.63, 3.8) is 0 Å². The Bertz CT molecular complexity index is 284. The molecule has 0 saturated carbocycles. The molecule has 1 rings (SSSR count). The molecule has 0 unspecified atom stereocenters. The summed E-state index contributed by atoms with van der Waals surface area (Å²) in [5.41, 5.74) is 0.757. The molecular formula is C11H18BNO3. The molecule has 0 spiro atoms. The molecule has 0 heterocycles. The molecule has 0 aliphatic carbocycles. The van der Waals surface area contributed by atoms with Crippen LogP contribution >= 0.6 is 0 Å². The Morgan fingerprint density at radius 2 is 1.94 bits per heavy atom. The summed E-state index contributed by atoms with van der Waals surface area (Å²) in [7, 11) is 1.03. The molecule has 4 nitrogen and oxygen atoms in total. The lowest BCUT2D eigenvalue weighted by atomic mass is 9.80. The first kappa shape index (κ1) is 13.2. The first-order valence-corrected chi connectivity index (χ1v) is 5.38. The number of aliphatic hydroxyl groups excluding tert-OH is 1. The van der Waals surface area contributed by atoms with E-state index in [0.29, 0.717) is 19.7 Å². The zero-order valence-corrected chi connectivity index (χ0v) is 9.54.